The zero-order valence-electron chi connectivity index (χ0n) is 17.8. The van der Waals surface area contributed by atoms with Crippen LogP contribution in [0.3, 0.4) is 0 Å². The number of hydrogen-bond acceptors (Lipinski definition) is 6. The molecule has 9 heteroatoms. The molecule has 3 rings (SSSR count). The number of nitrogens with zero attached hydrogens (tertiary/aromatic N) is 3. The number of amides is 1. The number of likely N-dealkylation sites (N-methyl/N-ethyl adjacent to an activating group) is 1. The number of benzene rings is 2. The predicted octanol–water partition coefficient (Wildman–Crippen LogP) is 4.62. The van der Waals surface area contributed by atoms with Gasteiger partial charge in [-0.25, -0.2) is 9.37 Å². The second kappa shape index (κ2) is 11.8. The zero-order chi connectivity index (χ0) is 21.5. The molecule has 6 nitrogen and oxygen atoms in total. The van der Waals surface area contributed by atoms with Gasteiger partial charge in [-0.3, -0.25) is 9.69 Å². The van der Waals surface area contributed by atoms with E-state index in [4.69, 9.17) is 9.47 Å². The Hall–Kier alpha value is -2.42. The number of methoxy groups -OCH3 is 1. The highest BCUT2D eigenvalue weighted by Gasteiger charge is 2.21. The topological polar surface area (TPSA) is 54.9 Å². The van der Waals surface area contributed by atoms with Crippen molar-refractivity contribution in [1.82, 2.24) is 9.88 Å². The van der Waals surface area contributed by atoms with Gasteiger partial charge in [0, 0.05) is 19.2 Å². The van der Waals surface area contributed by atoms with Crippen LogP contribution in [-0.4, -0.2) is 55.7 Å². The first kappa shape index (κ1) is 24.8. The summed E-state index contributed by atoms with van der Waals surface area (Å²) in [6.45, 7) is 7.01. The molecule has 2 aromatic carbocycles. The van der Waals surface area contributed by atoms with E-state index in [2.05, 4.69) is 23.7 Å². The minimum atomic E-state index is -0.319. The van der Waals surface area contributed by atoms with Gasteiger partial charge >= 0.3 is 0 Å². The van der Waals surface area contributed by atoms with Crippen LogP contribution in [0.1, 0.15) is 13.8 Å². The number of carbonyl (C=O) groups excluding carboxylic acids is 1. The van der Waals surface area contributed by atoms with Gasteiger partial charge in [0.25, 0.3) is 5.91 Å². The van der Waals surface area contributed by atoms with E-state index in [9.17, 15) is 9.18 Å². The summed E-state index contributed by atoms with van der Waals surface area (Å²) in [6, 6.07) is 11.6. The number of fused-ring (bicyclic) bond motifs is 1. The zero-order valence-corrected chi connectivity index (χ0v) is 19.5. The standard InChI is InChI=1S/C22H26FN3O3S.ClH/c1-4-25(5-2)11-12-26(22-24-19-10-9-16(23)13-20(19)30-22)21(27)15-29-18-8-6-7-17(14-18)28-3;/h6-10,13-14H,4-5,11-12,15H2,1-3H3;1H. The lowest BCUT2D eigenvalue weighted by molar-refractivity contribution is -0.120. The van der Waals surface area contributed by atoms with Crippen molar-refractivity contribution >= 4 is 45.0 Å². The minimum Gasteiger partial charge on any atom is -0.497 e. The minimum absolute atomic E-state index is 0. The molecule has 0 saturated carbocycles. The Bertz CT molecular complexity index is 997. The Labute approximate surface area is 192 Å². The van der Waals surface area contributed by atoms with Crippen LogP contribution in [0.5, 0.6) is 11.5 Å². The van der Waals surface area contributed by atoms with E-state index in [1.165, 1.54) is 23.5 Å². The average Bonchev–Trinajstić information content (AvgIpc) is 3.18. The average molecular weight is 468 g/mol. The quantitative estimate of drug-likeness (QED) is 0.435. The summed E-state index contributed by atoms with van der Waals surface area (Å²) < 4.78 is 25.2. The fourth-order valence-corrected chi connectivity index (χ4v) is 4.06. The summed E-state index contributed by atoms with van der Waals surface area (Å²) in [4.78, 5) is 21.5. The van der Waals surface area contributed by atoms with Gasteiger partial charge in [-0.05, 0) is 43.4 Å². The van der Waals surface area contributed by atoms with E-state index in [0.29, 0.717) is 39.9 Å². The molecule has 0 aliphatic heterocycles. The molecule has 0 saturated heterocycles. The molecule has 3 aromatic rings. The lowest BCUT2D eigenvalue weighted by Crippen LogP contribution is -2.41. The summed E-state index contributed by atoms with van der Waals surface area (Å²) in [6.07, 6.45) is 0. The summed E-state index contributed by atoms with van der Waals surface area (Å²) in [5, 5.41) is 0.544. The molecule has 0 atom stereocenters. The van der Waals surface area contributed by atoms with E-state index in [1.807, 2.05) is 6.07 Å². The van der Waals surface area contributed by atoms with Crippen LogP contribution in [0.15, 0.2) is 42.5 Å². The number of aromatic nitrogens is 1. The molecule has 0 aliphatic rings. The molecule has 0 bridgehead atoms. The first-order valence-corrected chi connectivity index (χ1v) is 10.7. The maximum atomic E-state index is 13.6. The number of thiazole rings is 1. The lowest BCUT2D eigenvalue weighted by Gasteiger charge is -2.24. The Morgan fingerprint density at radius 3 is 2.55 bits per heavy atom. The molecule has 1 heterocycles. The molecule has 168 valence electrons. The van der Waals surface area contributed by atoms with Crippen molar-refractivity contribution in [2.24, 2.45) is 0 Å². The number of anilines is 1. The summed E-state index contributed by atoms with van der Waals surface area (Å²) in [7, 11) is 1.58. The van der Waals surface area contributed by atoms with Crippen molar-refractivity contribution in [2.45, 2.75) is 13.8 Å². The SMILES string of the molecule is CCN(CC)CCN(C(=O)COc1cccc(OC)c1)c1nc2ccc(F)cc2s1.Cl. The molecule has 0 aliphatic carbocycles. The maximum Gasteiger partial charge on any atom is 0.266 e. The van der Waals surface area contributed by atoms with Crippen LogP contribution in [0.25, 0.3) is 10.2 Å². The third-order valence-corrected chi connectivity index (χ3v) is 5.85. The van der Waals surface area contributed by atoms with Crippen LogP contribution in [-0.2, 0) is 4.79 Å². The normalized spacial score (nSPS) is 10.7. The highest BCUT2D eigenvalue weighted by Crippen LogP contribution is 2.29. The third kappa shape index (κ3) is 6.53. The number of carbonyl (C=O) groups is 1. The van der Waals surface area contributed by atoms with Crippen molar-refractivity contribution in [3.63, 3.8) is 0 Å². The van der Waals surface area contributed by atoms with Gasteiger partial charge in [-0.2, -0.15) is 0 Å². The second-order valence-corrected chi connectivity index (χ2v) is 7.66. The molecule has 0 N–H and O–H groups in total. The Kier molecular flexibility index (Phi) is 9.48. The van der Waals surface area contributed by atoms with Crippen LogP contribution < -0.4 is 14.4 Å². The van der Waals surface area contributed by atoms with Gasteiger partial charge in [0.15, 0.2) is 11.7 Å². The van der Waals surface area contributed by atoms with E-state index in [0.717, 1.165) is 13.1 Å². The summed E-state index contributed by atoms with van der Waals surface area (Å²) in [5.74, 6) is 0.689. The Balaban J connectivity index is 0.00000341. The molecule has 31 heavy (non-hydrogen) atoms. The lowest BCUT2D eigenvalue weighted by atomic mass is 10.3. The van der Waals surface area contributed by atoms with E-state index >= 15 is 0 Å². The number of halogens is 2. The predicted molar refractivity (Wildman–Crippen MR) is 125 cm³/mol. The molecule has 1 aromatic heterocycles. The number of ether oxygens (including phenoxy) is 2. The molecular formula is C22H27ClFN3O3S. The van der Waals surface area contributed by atoms with Gasteiger partial charge in [-0.15, -0.1) is 12.4 Å². The van der Waals surface area contributed by atoms with Crippen molar-refractivity contribution < 1.29 is 18.7 Å². The third-order valence-electron chi connectivity index (χ3n) is 4.81. The number of hydrogen-bond donors (Lipinski definition) is 0. The molecule has 1 amide bonds. The van der Waals surface area contributed by atoms with Crippen LogP contribution in [0.4, 0.5) is 9.52 Å². The second-order valence-electron chi connectivity index (χ2n) is 6.65. The van der Waals surface area contributed by atoms with Crippen molar-refractivity contribution in [3.05, 3.63) is 48.3 Å². The van der Waals surface area contributed by atoms with Gasteiger partial charge in [0.05, 0.1) is 17.3 Å². The smallest absolute Gasteiger partial charge is 0.266 e. The first-order chi connectivity index (χ1) is 14.5. The van der Waals surface area contributed by atoms with Gasteiger partial charge in [0.2, 0.25) is 0 Å². The van der Waals surface area contributed by atoms with Gasteiger partial charge in [0.1, 0.15) is 17.3 Å². The fourth-order valence-electron chi connectivity index (χ4n) is 3.02. The van der Waals surface area contributed by atoms with Gasteiger partial charge in [-0.1, -0.05) is 31.3 Å². The summed E-state index contributed by atoms with van der Waals surface area (Å²) >= 11 is 1.30. The van der Waals surface area contributed by atoms with Crippen LogP contribution in [0, 0.1) is 5.82 Å². The van der Waals surface area contributed by atoms with E-state index in [-0.39, 0.29) is 30.7 Å². The Morgan fingerprint density at radius 2 is 1.84 bits per heavy atom. The fraction of sp³-hybridized carbons (Fsp3) is 0.364. The molecule has 0 radical (unpaired) electrons. The largest absolute Gasteiger partial charge is 0.497 e. The molecule has 0 unspecified atom stereocenters. The van der Waals surface area contributed by atoms with E-state index < -0.39 is 0 Å². The van der Waals surface area contributed by atoms with Crippen molar-refractivity contribution in [3.8, 4) is 11.5 Å². The first-order valence-electron chi connectivity index (χ1n) is 9.89. The summed E-state index contributed by atoms with van der Waals surface area (Å²) in [5.41, 5.74) is 0.672. The van der Waals surface area contributed by atoms with Gasteiger partial charge < -0.3 is 14.4 Å². The monoisotopic (exact) mass is 467 g/mol. The van der Waals surface area contributed by atoms with Crippen LogP contribution >= 0.6 is 23.7 Å². The van der Waals surface area contributed by atoms with Crippen molar-refractivity contribution in [2.75, 3.05) is 44.8 Å². The molecule has 0 fully saturated rings. The maximum absolute atomic E-state index is 13.6. The highest BCUT2D eigenvalue weighted by molar-refractivity contribution is 7.22. The van der Waals surface area contributed by atoms with Crippen molar-refractivity contribution in [1.29, 1.82) is 0 Å². The van der Waals surface area contributed by atoms with Crippen LogP contribution in [0.2, 0.25) is 0 Å². The number of rotatable bonds is 10. The Morgan fingerprint density at radius 1 is 1.10 bits per heavy atom. The molecule has 0 spiro atoms. The van der Waals surface area contributed by atoms with E-state index in [1.54, 1.807) is 36.3 Å². The highest BCUT2D eigenvalue weighted by atomic mass is 35.5. The molecular weight excluding hydrogens is 441 g/mol.